The fourth-order valence-corrected chi connectivity index (χ4v) is 3.11. The van der Waals surface area contributed by atoms with Gasteiger partial charge in [-0.3, -0.25) is 0 Å². The van der Waals surface area contributed by atoms with E-state index in [0.717, 1.165) is 12.0 Å². The van der Waals surface area contributed by atoms with Gasteiger partial charge in [0.2, 0.25) is 0 Å². The van der Waals surface area contributed by atoms with Crippen molar-refractivity contribution < 1.29 is 13.5 Å². The molecule has 2 aromatic rings. The first-order valence-corrected chi connectivity index (χ1v) is 7.40. The fourth-order valence-electron chi connectivity index (χ4n) is 2.55. The van der Waals surface area contributed by atoms with Gasteiger partial charge >= 0.3 is 0 Å². The molecule has 0 aromatic heterocycles. The van der Waals surface area contributed by atoms with Gasteiger partial charge in [-0.2, -0.15) is 0 Å². The van der Waals surface area contributed by atoms with Crippen molar-refractivity contribution in [2.75, 3.05) is 6.61 Å². The molecule has 0 amide bonds. The Morgan fingerprint density at radius 3 is 2.62 bits per heavy atom. The number of hydrogen-bond donors (Lipinski definition) is 0. The Hall–Kier alpha value is -1.32. The van der Waals surface area contributed by atoms with Crippen molar-refractivity contribution in [3.8, 4) is 5.75 Å². The fraction of sp³-hybridized carbons (Fsp3) is 0.250. The minimum absolute atomic E-state index is 0.0239. The van der Waals surface area contributed by atoms with Gasteiger partial charge in [0, 0.05) is 22.6 Å². The molecule has 110 valence electrons. The molecule has 3 rings (SSSR count). The average molecular weight is 329 g/mol. The van der Waals surface area contributed by atoms with Crippen LogP contribution in [0, 0.1) is 11.6 Å². The van der Waals surface area contributed by atoms with Gasteiger partial charge in [0.05, 0.1) is 12.0 Å². The summed E-state index contributed by atoms with van der Waals surface area (Å²) < 4.78 is 33.0. The normalized spacial score (nSPS) is 14.7. The molecule has 0 fully saturated rings. The third-order valence-corrected chi connectivity index (χ3v) is 4.17. The van der Waals surface area contributed by atoms with E-state index in [9.17, 15) is 8.78 Å². The molecule has 21 heavy (non-hydrogen) atoms. The topological polar surface area (TPSA) is 9.23 Å². The number of hydrogen-bond acceptors (Lipinski definition) is 1. The molecule has 1 aliphatic heterocycles. The zero-order chi connectivity index (χ0) is 15.0. The number of alkyl halides is 1. The predicted molar refractivity (Wildman–Crippen MR) is 79.3 cm³/mol. The highest BCUT2D eigenvalue weighted by Gasteiger charge is 2.24. The lowest BCUT2D eigenvalue weighted by Crippen LogP contribution is -2.03. The third kappa shape index (κ3) is 2.85. The second kappa shape index (κ2) is 5.82. The van der Waals surface area contributed by atoms with Gasteiger partial charge in [-0.1, -0.05) is 17.7 Å². The quantitative estimate of drug-likeness (QED) is 0.714. The Labute approximate surface area is 131 Å². The first kappa shape index (κ1) is 14.6. The van der Waals surface area contributed by atoms with Crippen molar-refractivity contribution in [3.63, 3.8) is 0 Å². The monoisotopic (exact) mass is 328 g/mol. The zero-order valence-corrected chi connectivity index (χ0v) is 12.5. The second-order valence-electron chi connectivity index (χ2n) is 4.95. The van der Waals surface area contributed by atoms with Crippen molar-refractivity contribution in [2.24, 2.45) is 0 Å². The summed E-state index contributed by atoms with van der Waals surface area (Å²) >= 11 is 12.4. The van der Waals surface area contributed by atoms with Gasteiger partial charge in [0.25, 0.3) is 0 Å². The first-order valence-electron chi connectivity index (χ1n) is 6.58. The Balaban J connectivity index is 1.95. The van der Waals surface area contributed by atoms with Crippen LogP contribution in [0.15, 0.2) is 30.3 Å². The van der Waals surface area contributed by atoms with E-state index < -0.39 is 17.0 Å². The minimum atomic E-state index is -0.609. The number of fused-ring (bicyclic) bond motifs is 1. The van der Waals surface area contributed by atoms with E-state index in [0.29, 0.717) is 22.9 Å². The lowest BCUT2D eigenvalue weighted by molar-refractivity contribution is 0.353. The van der Waals surface area contributed by atoms with Gasteiger partial charge in [0.1, 0.15) is 17.4 Å². The largest absolute Gasteiger partial charge is 0.493 e. The van der Waals surface area contributed by atoms with Gasteiger partial charge in [-0.15, -0.1) is 11.6 Å². The van der Waals surface area contributed by atoms with E-state index >= 15 is 0 Å². The molecule has 1 atom stereocenters. The maximum absolute atomic E-state index is 13.7. The summed E-state index contributed by atoms with van der Waals surface area (Å²) in [7, 11) is 0. The van der Waals surface area contributed by atoms with E-state index in [1.54, 1.807) is 6.07 Å². The SMILES string of the molecule is Fc1cccc(F)c1CC(Cl)c1cc(Cl)cc2c1OCC2. The summed E-state index contributed by atoms with van der Waals surface area (Å²) in [5.74, 6) is -0.503. The van der Waals surface area contributed by atoms with Gasteiger partial charge in [-0.05, 0) is 36.2 Å². The zero-order valence-electron chi connectivity index (χ0n) is 11.0. The molecule has 0 saturated heterocycles. The molecule has 0 N–H and O–H groups in total. The maximum atomic E-state index is 13.7. The number of rotatable bonds is 3. The Morgan fingerprint density at radius 1 is 1.19 bits per heavy atom. The lowest BCUT2D eigenvalue weighted by Gasteiger charge is -2.15. The summed E-state index contributed by atoms with van der Waals surface area (Å²) in [5.41, 5.74) is 1.64. The van der Waals surface area contributed by atoms with Crippen LogP contribution in [-0.4, -0.2) is 6.61 Å². The van der Waals surface area contributed by atoms with Crippen molar-refractivity contribution in [1.29, 1.82) is 0 Å². The number of halogens is 4. The van der Waals surface area contributed by atoms with E-state index in [4.69, 9.17) is 27.9 Å². The molecular formula is C16H12Cl2F2O. The Bertz CT molecular complexity index is 668. The highest BCUT2D eigenvalue weighted by molar-refractivity contribution is 6.31. The maximum Gasteiger partial charge on any atom is 0.129 e. The smallest absolute Gasteiger partial charge is 0.129 e. The van der Waals surface area contributed by atoms with Crippen molar-refractivity contribution >= 4 is 23.2 Å². The van der Waals surface area contributed by atoms with Crippen molar-refractivity contribution in [3.05, 3.63) is 63.7 Å². The van der Waals surface area contributed by atoms with Crippen LogP contribution < -0.4 is 4.74 Å². The predicted octanol–water partition coefficient (Wildman–Crippen LogP) is 5.08. The average Bonchev–Trinajstić information content (AvgIpc) is 2.90. The highest BCUT2D eigenvalue weighted by Crippen LogP contribution is 2.40. The molecule has 0 aliphatic carbocycles. The van der Waals surface area contributed by atoms with E-state index in [1.165, 1.54) is 18.2 Å². The molecular weight excluding hydrogens is 317 g/mol. The molecule has 1 aliphatic rings. The molecule has 1 nitrogen and oxygen atoms in total. The van der Waals surface area contributed by atoms with Crippen molar-refractivity contribution in [1.82, 2.24) is 0 Å². The van der Waals surface area contributed by atoms with Crippen molar-refractivity contribution in [2.45, 2.75) is 18.2 Å². The Morgan fingerprint density at radius 2 is 1.90 bits per heavy atom. The molecule has 0 saturated carbocycles. The highest BCUT2D eigenvalue weighted by atomic mass is 35.5. The van der Waals surface area contributed by atoms with Gasteiger partial charge in [-0.25, -0.2) is 8.78 Å². The number of ether oxygens (including phenoxy) is 1. The molecule has 1 unspecified atom stereocenters. The first-order chi connectivity index (χ1) is 10.1. The third-order valence-electron chi connectivity index (χ3n) is 3.56. The van der Waals surface area contributed by atoms with Crippen LogP contribution in [-0.2, 0) is 12.8 Å². The van der Waals surface area contributed by atoms with Crippen LogP contribution in [0.2, 0.25) is 5.02 Å². The van der Waals surface area contributed by atoms with Crippen LogP contribution >= 0.6 is 23.2 Å². The number of benzene rings is 2. The Kier molecular flexibility index (Phi) is 4.05. The van der Waals surface area contributed by atoms with Crippen LogP contribution in [0.5, 0.6) is 5.75 Å². The van der Waals surface area contributed by atoms with Crippen LogP contribution in [0.1, 0.15) is 22.1 Å². The summed E-state index contributed by atoms with van der Waals surface area (Å²) in [6.45, 7) is 0.570. The molecule has 0 spiro atoms. The van der Waals surface area contributed by atoms with Gasteiger partial charge in [0.15, 0.2) is 0 Å². The van der Waals surface area contributed by atoms with Crippen LogP contribution in [0.25, 0.3) is 0 Å². The molecule has 0 radical (unpaired) electrons. The standard InChI is InChI=1S/C16H12Cl2F2O/c17-10-6-9-4-5-21-16(9)11(7-10)13(18)8-12-14(19)2-1-3-15(12)20/h1-3,6-7,13H,4-5,8H2. The second-order valence-corrected chi connectivity index (χ2v) is 5.92. The summed E-state index contributed by atoms with van der Waals surface area (Å²) in [5, 5.41) is -0.0594. The minimum Gasteiger partial charge on any atom is -0.493 e. The van der Waals surface area contributed by atoms with Gasteiger partial charge < -0.3 is 4.74 Å². The van der Waals surface area contributed by atoms with Crippen LogP contribution in [0.3, 0.4) is 0 Å². The lowest BCUT2D eigenvalue weighted by atomic mass is 10.00. The van der Waals surface area contributed by atoms with E-state index in [2.05, 4.69) is 0 Å². The summed E-state index contributed by atoms with van der Waals surface area (Å²) in [4.78, 5) is 0. The van der Waals surface area contributed by atoms with Crippen LogP contribution in [0.4, 0.5) is 8.78 Å². The summed E-state index contributed by atoms with van der Waals surface area (Å²) in [6, 6.07) is 7.31. The molecule has 1 heterocycles. The molecule has 2 aromatic carbocycles. The van der Waals surface area contributed by atoms with E-state index in [-0.39, 0.29) is 12.0 Å². The summed E-state index contributed by atoms with van der Waals surface area (Å²) in [6.07, 6.45) is 0.802. The molecule has 0 bridgehead atoms. The molecule has 5 heteroatoms. The van der Waals surface area contributed by atoms with E-state index in [1.807, 2.05) is 6.07 Å².